The van der Waals surface area contributed by atoms with Gasteiger partial charge in [-0.3, -0.25) is 9.79 Å². The number of aliphatic imine (C=N–C) groups is 1. The van der Waals surface area contributed by atoms with Gasteiger partial charge >= 0.3 is 6.18 Å². The number of nitrogens with one attached hydrogen (secondary N) is 1. The van der Waals surface area contributed by atoms with Crippen molar-refractivity contribution in [3.8, 4) is 0 Å². The zero-order valence-corrected chi connectivity index (χ0v) is 19.8. The van der Waals surface area contributed by atoms with Crippen molar-refractivity contribution in [2.45, 2.75) is 19.1 Å². The molecule has 0 unspecified atom stereocenters. The van der Waals surface area contributed by atoms with Gasteiger partial charge in [-0.25, -0.2) is 9.97 Å². The molecule has 2 aromatic carbocycles. The van der Waals surface area contributed by atoms with E-state index in [1.165, 1.54) is 6.20 Å². The molecule has 1 N–H and O–H groups in total. The third-order valence-electron chi connectivity index (χ3n) is 4.92. The van der Waals surface area contributed by atoms with Crippen LogP contribution in [-0.4, -0.2) is 21.6 Å². The van der Waals surface area contributed by atoms with Crippen LogP contribution in [0.3, 0.4) is 0 Å². The molecule has 1 amide bonds. The maximum Gasteiger partial charge on any atom is 0.418 e. The van der Waals surface area contributed by atoms with Gasteiger partial charge in [0.15, 0.2) is 0 Å². The highest BCUT2D eigenvalue weighted by atomic mass is 35.5. The Morgan fingerprint density at radius 3 is 2.17 bits per heavy atom. The lowest BCUT2D eigenvalue weighted by molar-refractivity contribution is -0.137. The molecule has 4 aromatic rings. The average molecular weight is 515 g/mol. The van der Waals surface area contributed by atoms with Gasteiger partial charge in [0.05, 0.1) is 28.5 Å². The molecular weight excluding hydrogens is 497 g/mol. The van der Waals surface area contributed by atoms with Crippen LogP contribution in [0.4, 0.5) is 19.0 Å². The third-order valence-corrected chi connectivity index (χ3v) is 6.39. The Kier molecular flexibility index (Phi) is 7.28. The highest BCUT2D eigenvalue weighted by Gasteiger charge is 2.34. The van der Waals surface area contributed by atoms with Gasteiger partial charge in [0.25, 0.3) is 5.91 Å². The minimum absolute atomic E-state index is 0.216. The molecule has 178 valence electrons. The van der Waals surface area contributed by atoms with Crippen LogP contribution in [0, 0.1) is 0 Å². The van der Waals surface area contributed by atoms with E-state index in [4.69, 9.17) is 16.6 Å². The first-order valence-electron chi connectivity index (χ1n) is 10.4. The molecule has 35 heavy (non-hydrogen) atoms. The molecule has 2 heterocycles. The number of amides is 1. The Balaban J connectivity index is 1.57. The fourth-order valence-corrected chi connectivity index (χ4v) is 4.26. The second-order valence-electron chi connectivity index (χ2n) is 7.45. The number of rotatable bonds is 6. The lowest BCUT2D eigenvalue weighted by atomic mass is 10.0. The molecule has 0 bridgehead atoms. The summed E-state index contributed by atoms with van der Waals surface area (Å²) in [5.74, 6) is -0.887. The van der Waals surface area contributed by atoms with Crippen LogP contribution in [0.25, 0.3) is 0 Å². The van der Waals surface area contributed by atoms with E-state index in [0.29, 0.717) is 11.1 Å². The summed E-state index contributed by atoms with van der Waals surface area (Å²) in [5.41, 5.74) is 1.58. The summed E-state index contributed by atoms with van der Waals surface area (Å²) in [6.45, 7) is 1.86. The van der Waals surface area contributed by atoms with E-state index >= 15 is 0 Å². The van der Waals surface area contributed by atoms with Gasteiger partial charge in [-0.05, 0) is 13.0 Å². The maximum atomic E-state index is 13.1. The number of hydrogen-bond acceptors (Lipinski definition) is 5. The number of anilines is 1. The van der Waals surface area contributed by atoms with Crippen LogP contribution in [0.1, 0.15) is 44.3 Å². The van der Waals surface area contributed by atoms with Gasteiger partial charge in [-0.1, -0.05) is 72.3 Å². The lowest BCUT2D eigenvalue weighted by Gasteiger charge is -2.11. The summed E-state index contributed by atoms with van der Waals surface area (Å²) < 4.78 is 39.3. The van der Waals surface area contributed by atoms with Crippen molar-refractivity contribution >= 4 is 40.4 Å². The Hall–Kier alpha value is -3.56. The van der Waals surface area contributed by atoms with Crippen molar-refractivity contribution < 1.29 is 18.0 Å². The number of carbonyl (C=O) groups excluding carboxylic acids is 1. The molecule has 10 heteroatoms. The van der Waals surface area contributed by atoms with Gasteiger partial charge in [0.2, 0.25) is 0 Å². The van der Waals surface area contributed by atoms with E-state index < -0.39 is 22.7 Å². The Morgan fingerprint density at radius 1 is 1.00 bits per heavy atom. The van der Waals surface area contributed by atoms with Crippen LogP contribution in [0.2, 0.25) is 5.02 Å². The van der Waals surface area contributed by atoms with Gasteiger partial charge < -0.3 is 5.32 Å². The van der Waals surface area contributed by atoms with Crippen molar-refractivity contribution in [3.63, 3.8) is 0 Å². The zero-order chi connectivity index (χ0) is 25.0. The second-order valence-corrected chi connectivity index (χ2v) is 8.92. The smallest absolute Gasteiger partial charge is 0.306 e. The molecule has 0 spiro atoms. The number of benzene rings is 2. The van der Waals surface area contributed by atoms with E-state index in [-0.39, 0.29) is 16.7 Å². The SMILES string of the molecule is C[C@@H](N=C(c1ccccc1)c1ccccc1)c1ncc(C(=O)Nc2cc(C(F)(F)F)c(Cl)cn2)s1. The Morgan fingerprint density at radius 2 is 1.60 bits per heavy atom. The zero-order valence-electron chi connectivity index (χ0n) is 18.3. The molecular formula is C25H18ClF3N4OS. The molecule has 4 rings (SSSR count). The van der Waals surface area contributed by atoms with Crippen molar-refractivity contribution in [2.24, 2.45) is 4.99 Å². The van der Waals surface area contributed by atoms with Crippen molar-refractivity contribution in [1.29, 1.82) is 0 Å². The number of nitrogens with zero attached hydrogens (tertiary/aromatic N) is 3. The monoisotopic (exact) mass is 514 g/mol. The number of thiazole rings is 1. The molecule has 5 nitrogen and oxygen atoms in total. The predicted octanol–water partition coefficient (Wildman–Crippen LogP) is 7.06. The normalized spacial score (nSPS) is 12.1. The van der Waals surface area contributed by atoms with E-state index in [9.17, 15) is 18.0 Å². The number of hydrogen-bond donors (Lipinski definition) is 1. The van der Waals surface area contributed by atoms with Gasteiger partial charge in [-0.15, -0.1) is 11.3 Å². The van der Waals surface area contributed by atoms with Crippen molar-refractivity contribution in [2.75, 3.05) is 5.32 Å². The van der Waals surface area contributed by atoms with E-state index in [1.54, 1.807) is 0 Å². The molecule has 0 saturated carbocycles. The first kappa shape index (κ1) is 24.6. The Bertz CT molecular complexity index is 1320. The van der Waals surface area contributed by atoms with E-state index in [1.807, 2.05) is 67.6 Å². The van der Waals surface area contributed by atoms with Crippen molar-refractivity contribution in [1.82, 2.24) is 9.97 Å². The van der Waals surface area contributed by atoms with Crippen LogP contribution in [-0.2, 0) is 6.18 Å². The highest BCUT2D eigenvalue weighted by molar-refractivity contribution is 7.13. The molecule has 0 saturated heterocycles. The molecule has 0 fully saturated rings. The number of aromatic nitrogens is 2. The van der Waals surface area contributed by atoms with Gasteiger partial charge in [0.1, 0.15) is 15.7 Å². The number of pyridine rings is 1. The molecule has 1 atom stereocenters. The van der Waals surface area contributed by atoms with E-state index in [0.717, 1.165) is 34.4 Å². The number of alkyl halides is 3. The highest BCUT2D eigenvalue weighted by Crippen LogP contribution is 2.35. The maximum absolute atomic E-state index is 13.1. The number of halogens is 4. The van der Waals surface area contributed by atoms with Gasteiger partial charge in [-0.2, -0.15) is 13.2 Å². The second kappa shape index (κ2) is 10.4. The lowest BCUT2D eigenvalue weighted by Crippen LogP contribution is -2.13. The minimum atomic E-state index is -4.67. The molecule has 0 aliphatic carbocycles. The van der Waals surface area contributed by atoms with Crippen LogP contribution in [0.15, 0.2) is 84.1 Å². The molecule has 2 aromatic heterocycles. The summed E-state index contributed by atoms with van der Waals surface area (Å²) in [4.78, 5) is 25.8. The molecule has 0 radical (unpaired) electrons. The summed E-state index contributed by atoms with van der Waals surface area (Å²) in [7, 11) is 0. The topological polar surface area (TPSA) is 67.2 Å². The van der Waals surface area contributed by atoms with Crippen LogP contribution < -0.4 is 5.32 Å². The minimum Gasteiger partial charge on any atom is -0.306 e. The average Bonchev–Trinajstić information content (AvgIpc) is 3.35. The Labute approximate surface area is 208 Å². The fourth-order valence-electron chi connectivity index (χ4n) is 3.24. The summed E-state index contributed by atoms with van der Waals surface area (Å²) in [6.07, 6.45) is -2.45. The molecule has 0 aliphatic heterocycles. The largest absolute Gasteiger partial charge is 0.418 e. The quantitative estimate of drug-likeness (QED) is 0.280. The first-order valence-corrected chi connectivity index (χ1v) is 11.6. The fraction of sp³-hybridized carbons (Fsp3) is 0.120. The number of carbonyl (C=O) groups is 1. The first-order chi connectivity index (χ1) is 16.7. The molecule has 0 aliphatic rings. The summed E-state index contributed by atoms with van der Waals surface area (Å²) >= 11 is 6.69. The van der Waals surface area contributed by atoms with Crippen LogP contribution in [0.5, 0.6) is 0 Å². The third kappa shape index (κ3) is 5.93. The standard InChI is InChI=1S/C25H18ClF3N4OS/c1-15(32-22(16-8-4-2-5-9-16)17-10-6-3-7-11-17)24-31-14-20(35-24)23(34)33-21-12-18(25(27,28)29)19(26)13-30-21/h2-15H,1H3,(H,30,33,34)/t15-/m1/s1. The van der Waals surface area contributed by atoms with Gasteiger partial charge in [0, 0.05) is 17.3 Å². The summed E-state index contributed by atoms with van der Waals surface area (Å²) in [5, 5.41) is 2.41. The van der Waals surface area contributed by atoms with E-state index in [2.05, 4.69) is 15.3 Å². The van der Waals surface area contributed by atoms with Crippen LogP contribution >= 0.6 is 22.9 Å². The predicted molar refractivity (Wildman–Crippen MR) is 131 cm³/mol. The van der Waals surface area contributed by atoms with Crippen molar-refractivity contribution in [3.05, 3.63) is 111 Å². The summed E-state index contributed by atoms with van der Waals surface area (Å²) in [6, 6.07) is 19.8.